The number of carbonyl (C=O) groups excluding carboxylic acids is 1. The zero-order valence-corrected chi connectivity index (χ0v) is 5.50. The monoisotopic (exact) mass is 147 g/mol. The number of carbonyl (C=O) groups is 2. The largest absolute Gasteiger partial charge is 0.479 e. The van der Waals surface area contributed by atoms with E-state index in [4.69, 9.17) is 10.2 Å². The van der Waals surface area contributed by atoms with Crippen LogP contribution in [0.3, 0.4) is 0 Å². The zero-order chi connectivity index (χ0) is 8.20. The zero-order valence-electron chi connectivity index (χ0n) is 5.50. The first kappa shape index (κ1) is 8.90. The van der Waals surface area contributed by atoms with Gasteiger partial charge in [0.15, 0.2) is 5.54 Å². The highest BCUT2D eigenvalue weighted by Gasteiger charge is 2.31. The third-order valence-corrected chi connectivity index (χ3v) is 1.17. The van der Waals surface area contributed by atoms with Crippen LogP contribution in [0.5, 0.6) is 0 Å². The summed E-state index contributed by atoms with van der Waals surface area (Å²) in [5, 5.41) is 18.8. The second kappa shape index (κ2) is 3.17. The average Bonchev–Trinajstić information content (AvgIpc) is 1.88. The van der Waals surface area contributed by atoms with Crippen molar-refractivity contribution in [3.8, 4) is 0 Å². The van der Waals surface area contributed by atoms with Gasteiger partial charge in [-0.1, -0.05) is 0 Å². The second-order valence-corrected chi connectivity index (χ2v) is 2.06. The Morgan fingerprint density at radius 3 is 2.40 bits per heavy atom. The number of hydrogen-bond donors (Lipinski definition) is 3. The Bertz CT molecular complexity index is 147. The van der Waals surface area contributed by atoms with Gasteiger partial charge in [-0.05, 0) is 6.92 Å². The highest BCUT2D eigenvalue weighted by atomic mass is 16.4. The summed E-state index contributed by atoms with van der Waals surface area (Å²) in [6.45, 7) is 0.588. The van der Waals surface area contributed by atoms with E-state index in [2.05, 4.69) is 0 Å². The summed E-state index contributed by atoms with van der Waals surface area (Å²) in [5.41, 5.74) is -1.55. The number of amides is 1. The molecule has 0 aromatic carbocycles. The molecular formula is C5H9NO4. The van der Waals surface area contributed by atoms with Gasteiger partial charge < -0.3 is 15.5 Å². The van der Waals surface area contributed by atoms with Crippen LogP contribution in [0.1, 0.15) is 6.92 Å². The molecule has 1 amide bonds. The molecule has 0 spiro atoms. The molecule has 0 saturated carbocycles. The van der Waals surface area contributed by atoms with E-state index in [9.17, 15) is 9.59 Å². The summed E-state index contributed by atoms with van der Waals surface area (Å²) < 4.78 is 0. The third-order valence-electron chi connectivity index (χ3n) is 1.17. The van der Waals surface area contributed by atoms with Gasteiger partial charge in [-0.25, -0.2) is 4.79 Å². The Morgan fingerprint density at radius 1 is 1.80 bits per heavy atom. The van der Waals surface area contributed by atoms with E-state index in [0.717, 1.165) is 0 Å². The van der Waals surface area contributed by atoms with Crippen molar-refractivity contribution >= 4 is 12.4 Å². The molecule has 0 aliphatic rings. The van der Waals surface area contributed by atoms with Gasteiger partial charge in [-0.2, -0.15) is 0 Å². The summed E-state index contributed by atoms with van der Waals surface area (Å²) >= 11 is 0. The summed E-state index contributed by atoms with van der Waals surface area (Å²) in [4.78, 5) is 20.1. The molecule has 0 rings (SSSR count). The maximum Gasteiger partial charge on any atom is 0.331 e. The van der Waals surface area contributed by atoms with Crippen molar-refractivity contribution in [2.24, 2.45) is 0 Å². The molecular weight excluding hydrogens is 138 g/mol. The number of nitrogens with one attached hydrogen (secondary N) is 1. The molecule has 0 fully saturated rings. The molecule has 0 aromatic heterocycles. The van der Waals surface area contributed by atoms with Crippen molar-refractivity contribution in [3.05, 3.63) is 0 Å². The fourth-order valence-corrected chi connectivity index (χ4v) is 0.305. The first-order valence-corrected chi connectivity index (χ1v) is 2.62. The Hall–Kier alpha value is -1.10. The molecule has 0 bridgehead atoms. The van der Waals surface area contributed by atoms with Gasteiger partial charge in [0, 0.05) is 0 Å². The molecule has 5 heteroatoms. The van der Waals surface area contributed by atoms with Crippen molar-refractivity contribution in [1.82, 2.24) is 5.32 Å². The Balaban J connectivity index is 4.21. The van der Waals surface area contributed by atoms with E-state index in [1.54, 1.807) is 0 Å². The van der Waals surface area contributed by atoms with E-state index in [1.807, 2.05) is 5.32 Å². The molecule has 0 unspecified atom stereocenters. The van der Waals surface area contributed by atoms with Crippen molar-refractivity contribution in [2.45, 2.75) is 12.5 Å². The van der Waals surface area contributed by atoms with Crippen LogP contribution in [0.25, 0.3) is 0 Å². The van der Waals surface area contributed by atoms with E-state index in [-0.39, 0.29) is 6.41 Å². The van der Waals surface area contributed by atoms with E-state index in [1.165, 1.54) is 6.92 Å². The van der Waals surface area contributed by atoms with Gasteiger partial charge in [0.2, 0.25) is 6.41 Å². The smallest absolute Gasteiger partial charge is 0.331 e. The van der Waals surface area contributed by atoms with Crippen LogP contribution < -0.4 is 5.32 Å². The quantitative estimate of drug-likeness (QED) is 0.425. The van der Waals surface area contributed by atoms with Crippen LogP contribution in [0.15, 0.2) is 0 Å². The van der Waals surface area contributed by atoms with Crippen molar-refractivity contribution in [1.29, 1.82) is 0 Å². The molecule has 0 aliphatic heterocycles. The Kier molecular flexibility index (Phi) is 2.82. The molecule has 58 valence electrons. The second-order valence-electron chi connectivity index (χ2n) is 2.06. The van der Waals surface area contributed by atoms with Crippen LogP contribution in [-0.4, -0.2) is 34.7 Å². The van der Waals surface area contributed by atoms with E-state index >= 15 is 0 Å². The predicted molar refractivity (Wildman–Crippen MR) is 32.3 cm³/mol. The predicted octanol–water partition coefficient (Wildman–Crippen LogP) is -1.43. The molecule has 5 nitrogen and oxygen atoms in total. The number of aliphatic carboxylic acids is 1. The average molecular weight is 147 g/mol. The molecule has 3 N–H and O–H groups in total. The summed E-state index contributed by atoms with van der Waals surface area (Å²) in [7, 11) is 0. The van der Waals surface area contributed by atoms with Gasteiger partial charge in [0.25, 0.3) is 0 Å². The minimum Gasteiger partial charge on any atom is -0.479 e. The van der Waals surface area contributed by atoms with Crippen LogP contribution in [-0.2, 0) is 9.59 Å². The number of carboxylic acid groups (broad SMARTS) is 1. The minimum absolute atomic E-state index is 0.240. The first-order valence-electron chi connectivity index (χ1n) is 2.62. The molecule has 0 saturated heterocycles. The molecule has 0 radical (unpaired) electrons. The first-order chi connectivity index (χ1) is 4.56. The topological polar surface area (TPSA) is 86.6 Å². The minimum atomic E-state index is -1.55. The number of hydrogen-bond acceptors (Lipinski definition) is 3. The third kappa shape index (κ3) is 1.70. The van der Waals surface area contributed by atoms with Crippen molar-refractivity contribution < 1.29 is 19.8 Å². The van der Waals surface area contributed by atoms with Gasteiger partial charge in [-0.3, -0.25) is 4.79 Å². The molecule has 0 aromatic rings. The van der Waals surface area contributed by atoms with Gasteiger partial charge >= 0.3 is 5.97 Å². The Labute approximate surface area is 57.7 Å². The lowest BCUT2D eigenvalue weighted by molar-refractivity contribution is -0.147. The van der Waals surface area contributed by atoms with Crippen molar-refractivity contribution in [3.63, 3.8) is 0 Å². The van der Waals surface area contributed by atoms with E-state index in [0.29, 0.717) is 0 Å². The van der Waals surface area contributed by atoms with Gasteiger partial charge in [0.05, 0.1) is 6.61 Å². The normalized spacial score (nSPS) is 15.4. The van der Waals surface area contributed by atoms with Crippen LogP contribution in [0, 0.1) is 0 Å². The standard InChI is InChI=1S/C5H9NO4/c1-5(2-7,4(9)10)6-3-8/h3,7H,2H2,1H3,(H,6,8)(H,9,10)/t5-/m0/s1. The molecule has 1 atom stereocenters. The lowest BCUT2D eigenvalue weighted by Crippen LogP contribution is -2.51. The lowest BCUT2D eigenvalue weighted by Gasteiger charge is -2.20. The van der Waals surface area contributed by atoms with Crippen LogP contribution in [0.2, 0.25) is 0 Å². The molecule has 0 aliphatic carbocycles. The maximum atomic E-state index is 10.3. The summed E-state index contributed by atoms with van der Waals surface area (Å²) in [6, 6.07) is 0. The molecule has 10 heavy (non-hydrogen) atoms. The van der Waals surface area contributed by atoms with Gasteiger partial charge in [0.1, 0.15) is 0 Å². The lowest BCUT2D eigenvalue weighted by atomic mass is 10.1. The van der Waals surface area contributed by atoms with Crippen LogP contribution in [0.4, 0.5) is 0 Å². The maximum absolute atomic E-state index is 10.3. The number of carboxylic acids is 1. The van der Waals surface area contributed by atoms with Crippen molar-refractivity contribution in [2.75, 3.05) is 6.61 Å². The Morgan fingerprint density at radius 2 is 2.30 bits per heavy atom. The number of rotatable bonds is 4. The van der Waals surface area contributed by atoms with Gasteiger partial charge in [-0.15, -0.1) is 0 Å². The highest BCUT2D eigenvalue weighted by molar-refractivity contribution is 5.80. The van der Waals surface area contributed by atoms with Crippen LogP contribution >= 0.6 is 0 Å². The summed E-state index contributed by atoms with van der Waals surface area (Å²) in [6.07, 6.45) is 0.240. The highest BCUT2D eigenvalue weighted by Crippen LogP contribution is 1.99. The fraction of sp³-hybridized carbons (Fsp3) is 0.600. The number of aliphatic hydroxyl groups excluding tert-OH is 1. The van der Waals surface area contributed by atoms with E-state index < -0.39 is 18.1 Å². The fourth-order valence-electron chi connectivity index (χ4n) is 0.305. The molecule has 0 heterocycles. The number of aliphatic hydroxyl groups is 1. The SMILES string of the molecule is C[C@@](CO)(NC=O)C(=O)O. The summed E-state index contributed by atoms with van der Waals surface area (Å²) in [5.74, 6) is -1.26.